The maximum atomic E-state index is 5.36. The summed E-state index contributed by atoms with van der Waals surface area (Å²) in [5, 5.41) is 0. The first-order chi connectivity index (χ1) is 7.10. The van der Waals surface area contributed by atoms with Crippen LogP contribution in [0.5, 0.6) is 0 Å². The summed E-state index contributed by atoms with van der Waals surface area (Å²) >= 11 is 0. The van der Waals surface area contributed by atoms with Crippen molar-refractivity contribution in [3.05, 3.63) is 61.6 Å². The van der Waals surface area contributed by atoms with Crippen LogP contribution >= 0.6 is 0 Å². The molecule has 0 amide bonds. The van der Waals surface area contributed by atoms with E-state index in [1.165, 1.54) is 0 Å². The van der Waals surface area contributed by atoms with Gasteiger partial charge in [0.25, 0.3) is 0 Å². The van der Waals surface area contributed by atoms with Crippen molar-refractivity contribution in [3.63, 3.8) is 0 Å². The quantitative estimate of drug-likeness (QED) is 0.288. The van der Waals surface area contributed by atoms with Gasteiger partial charge in [0.15, 0.2) is 5.90 Å². The van der Waals surface area contributed by atoms with Crippen molar-refractivity contribution in [3.8, 4) is 0 Å². The van der Waals surface area contributed by atoms with Crippen LogP contribution in [0.1, 0.15) is 13.8 Å². The van der Waals surface area contributed by atoms with Crippen LogP contribution in [0, 0.1) is 0 Å². The zero-order valence-electron chi connectivity index (χ0n) is 9.36. The average molecular weight is 203 g/mol. The van der Waals surface area contributed by atoms with Gasteiger partial charge in [-0.2, -0.15) is 0 Å². The Kier molecular flexibility index (Phi) is 6.64. The Balaban J connectivity index is 4.40. The zero-order valence-corrected chi connectivity index (χ0v) is 9.36. The first kappa shape index (κ1) is 13.2. The highest BCUT2D eigenvalue weighted by atomic mass is 16.5. The average Bonchev–Trinajstić information content (AvgIpc) is 2.16. The smallest absolute Gasteiger partial charge is 0.191 e. The highest BCUT2D eigenvalue weighted by Gasteiger charge is 1.93. The minimum atomic E-state index is 0.542. The molecule has 0 aliphatic rings. The lowest BCUT2D eigenvalue weighted by atomic mass is 10.3. The summed E-state index contributed by atoms with van der Waals surface area (Å²) in [6.45, 7) is 14.6. The van der Waals surface area contributed by atoms with E-state index in [-0.39, 0.29) is 0 Å². The molecule has 0 aliphatic heterocycles. The molecule has 0 N–H and O–H groups in total. The first-order valence-electron chi connectivity index (χ1n) is 4.59. The van der Waals surface area contributed by atoms with E-state index in [2.05, 4.69) is 24.7 Å². The molecule has 0 aromatic heterocycles. The van der Waals surface area contributed by atoms with Crippen molar-refractivity contribution < 1.29 is 4.74 Å². The molecule has 0 bridgehead atoms. The molecule has 0 aromatic rings. The first-order valence-corrected chi connectivity index (χ1v) is 4.59. The summed E-state index contributed by atoms with van der Waals surface area (Å²) < 4.78 is 5.36. The molecular weight excluding hydrogens is 186 g/mol. The van der Waals surface area contributed by atoms with Gasteiger partial charge < -0.3 is 4.74 Å². The normalized spacial score (nSPS) is 12.7. The third-order valence-corrected chi connectivity index (χ3v) is 1.36. The van der Waals surface area contributed by atoms with Gasteiger partial charge in [-0.1, -0.05) is 31.4 Å². The van der Waals surface area contributed by atoms with Crippen LogP contribution < -0.4 is 0 Å². The fraction of sp³-hybridized carbons (Fsp3) is 0.154. The Hall–Kier alpha value is -1.83. The van der Waals surface area contributed by atoms with Crippen LogP contribution in [-0.4, -0.2) is 5.90 Å². The minimum absolute atomic E-state index is 0.542. The van der Waals surface area contributed by atoms with Gasteiger partial charge in [-0.3, -0.25) is 0 Å². The zero-order chi connectivity index (χ0) is 11.7. The Morgan fingerprint density at radius 1 is 1.27 bits per heavy atom. The van der Waals surface area contributed by atoms with Gasteiger partial charge in [-0.15, -0.1) is 0 Å². The maximum Gasteiger partial charge on any atom is 0.191 e. The van der Waals surface area contributed by atoms with Crippen LogP contribution in [-0.2, 0) is 4.74 Å². The summed E-state index contributed by atoms with van der Waals surface area (Å²) in [4.78, 5) is 4.06. The molecule has 0 saturated heterocycles. The third kappa shape index (κ3) is 7.26. The molecular formula is C13H17NO. The van der Waals surface area contributed by atoms with E-state index in [1.807, 2.05) is 6.92 Å². The Morgan fingerprint density at radius 3 is 2.40 bits per heavy atom. The molecule has 2 nitrogen and oxygen atoms in total. The second kappa shape index (κ2) is 7.56. The number of nitrogens with zero attached hydrogens (tertiary/aromatic N) is 1. The van der Waals surface area contributed by atoms with Gasteiger partial charge in [-0.25, -0.2) is 4.99 Å². The topological polar surface area (TPSA) is 21.6 Å². The van der Waals surface area contributed by atoms with E-state index in [9.17, 15) is 0 Å². The molecule has 0 rings (SSSR count). The molecule has 0 heterocycles. The summed E-state index contributed by atoms with van der Waals surface area (Å²) in [6.07, 6.45) is 8.40. The lowest BCUT2D eigenvalue weighted by molar-refractivity contribution is 0.431. The number of hydrogen-bond acceptors (Lipinski definition) is 2. The number of hydrogen-bond donors (Lipinski definition) is 0. The number of aliphatic imine (C=N–C) groups is 1. The van der Waals surface area contributed by atoms with Crippen LogP contribution in [0.15, 0.2) is 66.6 Å². The van der Waals surface area contributed by atoms with Crippen molar-refractivity contribution in [1.29, 1.82) is 0 Å². The monoisotopic (exact) mass is 203 g/mol. The lowest BCUT2D eigenvalue weighted by Crippen LogP contribution is -1.96. The van der Waals surface area contributed by atoms with Crippen molar-refractivity contribution in [1.82, 2.24) is 0 Å². The van der Waals surface area contributed by atoms with Crippen LogP contribution in [0.3, 0.4) is 0 Å². The largest absolute Gasteiger partial charge is 0.443 e. The van der Waals surface area contributed by atoms with Crippen LogP contribution in [0.2, 0.25) is 0 Å². The fourth-order valence-corrected chi connectivity index (χ4v) is 0.726. The minimum Gasteiger partial charge on any atom is -0.443 e. The highest BCUT2D eigenvalue weighted by Crippen LogP contribution is 2.01. The van der Waals surface area contributed by atoms with E-state index >= 15 is 0 Å². The highest BCUT2D eigenvalue weighted by molar-refractivity contribution is 5.75. The predicted molar refractivity (Wildman–Crippen MR) is 66.6 cm³/mol. The van der Waals surface area contributed by atoms with Crippen molar-refractivity contribution in [2.45, 2.75) is 13.8 Å². The molecule has 0 fully saturated rings. The fourth-order valence-electron chi connectivity index (χ4n) is 0.726. The van der Waals surface area contributed by atoms with E-state index in [1.54, 1.807) is 37.4 Å². The van der Waals surface area contributed by atoms with Gasteiger partial charge in [0.2, 0.25) is 0 Å². The van der Waals surface area contributed by atoms with E-state index in [0.717, 1.165) is 5.57 Å². The van der Waals surface area contributed by atoms with Gasteiger partial charge in [0, 0.05) is 13.1 Å². The summed E-state index contributed by atoms with van der Waals surface area (Å²) in [7, 11) is 0. The van der Waals surface area contributed by atoms with Gasteiger partial charge in [-0.05, 0) is 25.2 Å². The summed E-state index contributed by atoms with van der Waals surface area (Å²) in [6, 6.07) is 0. The van der Waals surface area contributed by atoms with Crippen LogP contribution in [0.25, 0.3) is 0 Å². The Labute approximate surface area is 91.7 Å². The van der Waals surface area contributed by atoms with Crippen molar-refractivity contribution in [2.24, 2.45) is 4.99 Å². The second-order valence-electron chi connectivity index (χ2n) is 2.92. The SMILES string of the molecule is C=C/C=C(\C=C)OC(C)=N/C=C\C(=C)C. The molecule has 0 aliphatic carbocycles. The number of rotatable bonds is 5. The van der Waals surface area contributed by atoms with Crippen LogP contribution in [0.4, 0.5) is 0 Å². The van der Waals surface area contributed by atoms with Gasteiger partial charge in [0.05, 0.1) is 0 Å². The second-order valence-corrected chi connectivity index (χ2v) is 2.92. The molecule has 0 spiro atoms. The number of allylic oxidation sites excluding steroid dienone is 5. The molecule has 15 heavy (non-hydrogen) atoms. The third-order valence-electron chi connectivity index (χ3n) is 1.36. The molecule has 0 aromatic carbocycles. The van der Waals surface area contributed by atoms with Crippen molar-refractivity contribution >= 4 is 5.90 Å². The molecule has 2 heteroatoms. The Bertz CT molecular complexity index is 332. The summed E-state index contributed by atoms with van der Waals surface area (Å²) in [5.41, 5.74) is 0.942. The van der Waals surface area contributed by atoms with E-state index < -0.39 is 0 Å². The molecule has 80 valence electrons. The summed E-state index contributed by atoms with van der Waals surface area (Å²) in [5.74, 6) is 1.16. The van der Waals surface area contributed by atoms with E-state index in [4.69, 9.17) is 4.74 Å². The number of ether oxygens (including phenoxy) is 1. The van der Waals surface area contributed by atoms with Crippen molar-refractivity contribution in [2.75, 3.05) is 0 Å². The van der Waals surface area contributed by atoms with Gasteiger partial charge in [0.1, 0.15) is 5.76 Å². The molecule has 0 radical (unpaired) electrons. The molecule has 0 unspecified atom stereocenters. The lowest BCUT2D eigenvalue weighted by Gasteiger charge is -2.02. The van der Waals surface area contributed by atoms with E-state index in [0.29, 0.717) is 11.7 Å². The van der Waals surface area contributed by atoms with Gasteiger partial charge >= 0.3 is 0 Å². The maximum absolute atomic E-state index is 5.36. The molecule has 0 atom stereocenters. The Morgan fingerprint density at radius 2 is 1.93 bits per heavy atom. The standard InChI is InChI=1S/C13H17NO/c1-6-8-13(7-2)15-12(5)14-10-9-11(3)4/h6-10H,1-3H2,4-5H3/b10-9-,13-8+,14-12?. The molecule has 0 saturated carbocycles. The predicted octanol–water partition coefficient (Wildman–Crippen LogP) is 3.77.